The van der Waals surface area contributed by atoms with Crippen LogP contribution in [0, 0.1) is 0 Å². The molecule has 2 heterocycles. The normalized spacial score (nSPS) is 16.0. The van der Waals surface area contributed by atoms with E-state index in [0.29, 0.717) is 11.6 Å². The molecule has 0 aliphatic carbocycles. The number of aromatic nitrogens is 1. The summed E-state index contributed by atoms with van der Waals surface area (Å²) in [6.07, 6.45) is 6.02. The predicted molar refractivity (Wildman–Crippen MR) is 68.6 cm³/mol. The second kappa shape index (κ2) is 6.78. The third kappa shape index (κ3) is 3.40. The predicted octanol–water partition coefficient (Wildman–Crippen LogP) is 1.36. The van der Waals surface area contributed by atoms with Crippen LogP contribution >= 0.6 is 24.8 Å². The molecule has 1 aliphatic rings. The lowest BCUT2D eigenvalue weighted by Gasteiger charge is -2.24. The van der Waals surface area contributed by atoms with Gasteiger partial charge >= 0.3 is 0 Å². The van der Waals surface area contributed by atoms with Crippen LogP contribution in [-0.4, -0.2) is 23.6 Å². The van der Waals surface area contributed by atoms with Crippen LogP contribution in [0.4, 0.5) is 0 Å². The van der Waals surface area contributed by atoms with Gasteiger partial charge in [0.05, 0.1) is 5.56 Å². The van der Waals surface area contributed by atoms with Gasteiger partial charge in [0.15, 0.2) is 0 Å². The summed E-state index contributed by atoms with van der Waals surface area (Å²) in [4.78, 5) is 10.9. The maximum atomic E-state index is 10.9. The van der Waals surface area contributed by atoms with Gasteiger partial charge in [-0.2, -0.15) is 0 Å². The third-order valence-corrected chi connectivity index (χ3v) is 2.73. The van der Waals surface area contributed by atoms with Crippen molar-refractivity contribution in [1.29, 1.82) is 0 Å². The van der Waals surface area contributed by atoms with E-state index in [9.17, 15) is 4.79 Å². The first-order chi connectivity index (χ1) is 6.77. The number of hydrogen-bond donors (Lipinski definition) is 2. The number of nitrogens with zero attached hydrogens (tertiary/aromatic N) is 1. The molecule has 0 atom stereocenters. The van der Waals surface area contributed by atoms with E-state index in [0.717, 1.165) is 25.9 Å². The minimum atomic E-state index is -0.349. The van der Waals surface area contributed by atoms with Gasteiger partial charge in [0.2, 0.25) is 5.91 Å². The molecule has 0 aromatic carbocycles. The van der Waals surface area contributed by atoms with Crippen LogP contribution < -0.4 is 11.1 Å². The van der Waals surface area contributed by atoms with Crippen molar-refractivity contribution in [2.75, 3.05) is 13.1 Å². The van der Waals surface area contributed by atoms with Gasteiger partial charge in [-0.15, -0.1) is 24.8 Å². The summed E-state index contributed by atoms with van der Waals surface area (Å²) in [6, 6.07) is 2.30. The Balaban J connectivity index is 0.00000112. The Morgan fingerprint density at radius 3 is 2.50 bits per heavy atom. The molecular formula is C10H17Cl2N3O. The highest BCUT2D eigenvalue weighted by Gasteiger charge is 2.15. The van der Waals surface area contributed by atoms with Crippen LogP contribution in [0.15, 0.2) is 18.5 Å². The number of carbonyl (C=O) groups excluding carboxylic acids is 1. The number of nitrogens with two attached hydrogens (primary N) is 1. The van der Waals surface area contributed by atoms with Crippen LogP contribution in [0.1, 0.15) is 29.2 Å². The lowest BCUT2D eigenvalue weighted by atomic mass is 10.1. The van der Waals surface area contributed by atoms with Crippen molar-refractivity contribution in [3.8, 4) is 0 Å². The molecule has 16 heavy (non-hydrogen) atoms. The van der Waals surface area contributed by atoms with Gasteiger partial charge < -0.3 is 15.6 Å². The van der Waals surface area contributed by atoms with Gasteiger partial charge in [-0.1, -0.05) is 0 Å². The Labute approximate surface area is 107 Å². The lowest BCUT2D eigenvalue weighted by Crippen LogP contribution is -2.29. The van der Waals surface area contributed by atoms with E-state index in [2.05, 4.69) is 9.88 Å². The summed E-state index contributed by atoms with van der Waals surface area (Å²) in [5, 5.41) is 3.31. The average molecular weight is 266 g/mol. The zero-order valence-corrected chi connectivity index (χ0v) is 10.5. The van der Waals surface area contributed by atoms with Gasteiger partial charge in [0.1, 0.15) is 0 Å². The van der Waals surface area contributed by atoms with Crippen LogP contribution in [0.2, 0.25) is 0 Å². The van der Waals surface area contributed by atoms with Crippen LogP contribution in [0.25, 0.3) is 0 Å². The minimum absolute atomic E-state index is 0. The molecule has 1 fully saturated rings. The zero-order chi connectivity index (χ0) is 9.97. The van der Waals surface area contributed by atoms with Crippen LogP contribution in [0.5, 0.6) is 0 Å². The van der Waals surface area contributed by atoms with E-state index < -0.39 is 0 Å². The Morgan fingerprint density at radius 2 is 2.00 bits per heavy atom. The first kappa shape index (κ1) is 15.3. The molecular weight excluding hydrogens is 249 g/mol. The first-order valence-electron chi connectivity index (χ1n) is 4.95. The Bertz CT molecular complexity index is 335. The Morgan fingerprint density at radius 1 is 1.38 bits per heavy atom. The second-order valence-electron chi connectivity index (χ2n) is 3.69. The molecule has 1 saturated heterocycles. The Hall–Kier alpha value is -0.710. The van der Waals surface area contributed by atoms with Gasteiger partial charge in [-0.05, 0) is 32.0 Å². The van der Waals surface area contributed by atoms with E-state index >= 15 is 0 Å². The summed E-state index contributed by atoms with van der Waals surface area (Å²) in [6.45, 7) is 2.10. The maximum absolute atomic E-state index is 10.9. The molecule has 3 N–H and O–H groups in total. The molecule has 2 rings (SSSR count). The van der Waals surface area contributed by atoms with Crippen molar-refractivity contribution in [3.63, 3.8) is 0 Å². The van der Waals surface area contributed by atoms with Crippen molar-refractivity contribution < 1.29 is 4.79 Å². The minimum Gasteiger partial charge on any atom is -0.366 e. The molecule has 0 saturated carbocycles. The van der Waals surface area contributed by atoms with E-state index in [1.165, 1.54) is 0 Å². The zero-order valence-electron chi connectivity index (χ0n) is 8.89. The number of hydrogen-bond acceptors (Lipinski definition) is 2. The maximum Gasteiger partial charge on any atom is 0.250 e. The SMILES string of the molecule is Cl.Cl.NC(=O)c1ccn(C2CCNCC2)c1. The molecule has 1 aromatic heterocycles. The average Bonchev–Trinajstić information content (AvgIpc) is 2.68. The molecule has 4 nitrogen and oxygen atoms in total. The largest absolute Gasteiger partial charge is 0.366 e. The highest BCUT2D eigenvalue weighted by molar-refractivity contribution is 5.92. The number of rotatable bonds is 2. The topological polar surface area (TPSA) is 60.1 Å². The second-order valence-corrected chi connectivity index (χ2v) is 3.69. The molecule has 0 bridgehead atoms. The van der Waals surface area contributed by atoms with Gasteiger partial charge in [0, 0.05) is 18.4 Å². The quantitative estimate of drug-likeness (QED) is 0.849. The fraction of sp³-hybridized carbons (Fsp3) is 0.500. The molecule has 0 spiro atoms. The highest BCUT2D eigenvalue weighted by Crippen LogP contribution is 2.19. The van der Waals surface area contributed by atoms with E-state index in [1.54, 1.807) is 6.07 Å². The standard InChI is InChI=1S/C10H15N3O.2ClH/c11-10(14)8-3-6-13(7-8)9-1-4-12-5-2-9;;/h3,6-7,9,12H,1-2,4-5H2,(H2,11,14);2*1H. The molecule has 92 valence electrons. The van der Waals surface area contributed by atoms with Crippen molar-refractivity contribution in [2.45, 2.75) is 18.9 Å². The number of amides is 1. The number of nitrogens with one attached hydrogen (secondary N) is 1. The van der Waals surface area contributed by atoms with Crippen LogP contribution in [-0.2, 0) is 0 Å². The van der Waals surface area contributed by atoms with Gasteiger partial charge in [-0.25, -0.2) is 0 Å². The van der Waals surface area contributed by atoms with E-state index in [4.69, 9.17) is 5.73 Å². The van der Waals surface area contributed by atoms with E-state index in [-0.39, 0.29) is 30.7 Å². The number of halogens is 2. The van der Waals surface area contributed by atoms with Crippen LogP contribution in [0.3, 0.4) is 0 Å². The van der Waals surface area contributed by atoms with Crippen molar-refractivity contribution >= 4 is 30.7 Å². The molecule has 1 aliphatic heterocycles. The lowest BCUT2D eigenvalue weighted by molar-refractivity contribution is 0.1000. The molecule has 6 heteroatoms. The molecule has 1 aromatic rings. The summed E-state index contributed by atoms with van der Waals surface area (Å²) < 4.78 is 2.10. The number of primary amides is 1. The van der Waals surface area contributed by atoms with E-state index in [1.807, 2.05) is 12.4 Å². The summed E-state index contributed by atoms with van der Waals surface area (Å²) >= 11 is 0. The third-order valence-electron chi connectivity index (χ3n) is 2.73. The van der Waals surface area contributed by atoms with Crippen molar-refractivity contribution in [2.24, 2.45) is 5.73 Å². The molecule has 0 unspecified atom stereocenters. The summed E-state index contributed by atoms with van der Waals surface area (Å²) in [5.41, 5.74) is 5.79. The van der Waals surface area contributed by atoms with Gasteiger partial charge in [-0.3, -0.25) is 4.79 Å². The highest BCUT2D eigenvalue weighted by atomic mass is 35.5. The number of carbonyl (C=O) groups is 1. The van der Waals surface area contributed by atoms with Crippen molar-refractivity contribution in [1.82, 2.24) is 9.88 Å². The summed E-state index contributed by atoms with van der Waals surface area (Å²) in [5.74, 6) is -0.349. The number of piperidine rings is 1. The van der Waals surface area contributed by atoms with Crippen molar-refractivity contribution in [3.05, 3.63) is 24.0 Å². The van der Waals surface area contributed by atoms with Gasteiger partial charge in [0.25, 0.3) is 0 Å². The molecule has 0 radical (unpaired) electrons. The fourth-order valence-electron chi connectivity index (χ4n) is 1.89. The Kier molecular flexibility index (Phi) is 6.48. The first-order valence-corrected chi connectivity index (χ1v) is 4.95. The molecule has 1 amide bonds. The smallest absolute Gasteiger partial charge is 0.250 e. The summed E-state index contributed by atoms with van der Waals surface area (Å²) in [7, 11) is 0. The monoisotopic (exact) mass is 265 g/mol. The fourth-order valence-corrected chi connectivity index (χ4v) is 1.89.